The van der Waals surface area contributed by atoms with E-state index in [2.05, 4.69) is 25.3 Å². The molecule has 6 rings (SSSR count). The van der Waals surface area contributed by atoms with E-state index < -0.39 is 29.4 Å². The number of imidazole rings is 1. The van der Waals surface area contributed by atoms with Crippen molar-refractivity contribution in [1.29, 1.82) is 0 Å². The summed E-state index contributed by atoms with van der Waals surface area (Å²) in [7, 11) is 1.49. The molecule has 2 fully saturated rings. The monoisotopic (exact) mass is 537 g/mol. The molecule has 0 radical (unpaired) electrons. The normalized spacial score (nSPS) is 22.6. The minimum Gasteiger partial charge on any atom is -0.391 e. The van der Waals surface area contributed by atoms with Crippen LogP contribution in [0.2, 0.25) is 0 Å². The lowest BCUT2D eigenvalue weighted by Crippen LogP contribution is -2.55. The minimum atomic E-state index is -0.853. The molecule has 3 aromatic heterocycles. The van der Waals surface area contributed by atoms with Gasteiger partial charge in [-0.3, -0.25) is 4.98 Å². The van der Waals surface area contributed by atoms with Gasteiger partial charge in [0.1, 0.15) is 17.2 Å². The number of rotatable bonds is 6. The van der Waals surface area contributed by atoms with E-state index in [9.17, 15) is 5.11 Å². The van der Waals surface area contributed by atoms with Gasteiger partial charge in [0.05, 0.1) is 59.9 Å². The van der Waals surface area contributed by atoms with Crippen molar-refractivity contribution in [2.75, 3.05) is 43.6 Å². The molecular formula is C27H29F2N7O3. The van der Waals surface area contributed by atoms with Gasteiger partial charge in [-0.2, -0.15) is 9.61 Å². The lowest BCUT2D eigenvalue weighted by Gasteiger charge is -2.40. The van der Waals surface area contributed by atoms with Crippen LogP contribution in [-0.2, 0) is 15.1 Å². The first-order chi connectivity index (χ1) is 18.8. The number of nitrogens with two attached hydrogens (primary N) is 1. The van der Waals surface area contributed by atoms with Crippen LogP contribution in [0.25, 0.3) is 16.8 Å². The van der Waals surface area contributed by atoms with Crippen molar-refractivity contribution in [1.82, 2.24) is 19.6 Å². The average Bonchev–Trinajstić information content (AvgIpc) is 3.28. The van der Waals surface area contributed by atoms with Gasteiger partial charge in [0, 0.05) is 38.4 Å². The number of hydrogen-bond acceptors (Lipinski definition) is 9. The van der Waals surface area contributed by atoms with Crippen LogP contribution < -0.4 is 16.0 Å². The first kappa shape index (κ1) is 25.6. The van der Waals surface area contributed by atoms with Gasteiger partial charge in [-0.05, 0) is 35.9 Å². The third kappa shape index (κ3) is 4.39. The molecule has 0 aliphatic carbocycles. The highest BCUT2D eigenvalue weighted by Gasteiger charge is 2.41. The van der Waals surface area contributed by atoms with Gasteiger partial charge >= 0.3 is 0 Å². The molecule has 1 aromatic carbocycles. The average molecular weight is 538 g/mol. The van der Waals surface area contributed by atoms with E-state index >= 15 is 8.78 Å². The number of aliphatic hydroxyl groups is 1. The highest BCUT2D eigenvalue weighted by atomic mass is 19.1. The van der Waals surface area contributed by atoms with Crippen LogP contribution in [0.5, 0.6) is 0 Å². The molecule has 3 unspecified atom stereocenters. The van der Waals surface area contributed by atoms with Gasteiger partial charge in [0.15, 0.2) is 0 Å². The molecule has 0 amide bonds. The Bertz CT molecular complexity index is 1490. The largest absolute Gasteiger partial charge is 0.391 e. The van der Waals surface area contributed by atoms with E-state index in [1.54, 1.807) is 30.7 Å². The summed E-state index contributed by atoms with van der Waals surface area (Å²) < 4.78 is 42.8. The van der Waals surface area contributed by atoms with E-state index in [0.717, 1.165) is 5.69 Å². The predicted octanol–water partition coefficient (Wildman–Crippen LogP) is 2.83. The quantitative estimate of drug-likeness (QED) is 0.341. The second kappa shape index (κ2) is 9.79. The maximum atomic E-state index is 15.3. The fourth-order valence-corrected chi connectivity index (χ4v) is 5.26. The molecule has 39 heavy (non-hydrogen) atoms. The predicted molar refractivity (Wildman–Crippen MR) is 141 cm³/mol. The Morgan fingerprint density at radius 1 is 1.15 bits per heavy atom. The molecule has 2 aliphatic heterocycles. The van der Waals surface area contributed by atoms with Crippen molar-refractivity contribution in [3.05, 3.63) is 66.1 Å². The summed E-state index contributed by atoms with van der Waals surface area (Å²) in [6, 6.07) is 7.26. The summed E-state index contributed by atoms with van der Waals surface area (Å²) in [4.78, 5) is 10.8. The number of halogens is 2. The molecule has 3 atom stereocenters. The fraction of sp³-hybridized carbons (Fsp3) is 0.370. The standard InChI is InChI=1S/C27H29F2N7O3/c1-15-11-35(12-20(30)25(15)37)23-5-6-31-10-22(23)33-26-32-9-17-3-4-21(34-36(17)26)24-18(28)7-16(8-19(24)29)27(38-2)13-39-14-27/h3-10,15,20,25,37H,11-14,30H2,1-2H3,(H,32,33). The van der Waals surface area contributed by atoms with E-state index in [4.69, 9.17) is 15.2 Å². The zero-order chi connectivity index (χ0) is 27.3. The summed E-state index contributed by atoms with van der Waals surface area (Å²) in [5, 5.41) is 18.1. The maximum absolute atomic E-state index is 15.3. The van der Waals surface area contributed by atoms with Crippen LogP contribution in [0.4, 0.5) is 26.1 Å². The number of benzene rings is 1. The van der Waals surface area contributed by atoms with Crippen molar-refractivity contribution in [2.24, 2.45) is 11.7 Å². The van der Waals surface area contributed by atoms with Crippen LogP contribution in [-0.4, -0.2) is 70.2 Å². The molecule has 2 aliphatic rings. The van der Waals surface area contributed by atoms with Gasteiger partial charge in [-0.1, -0.05) is 6.92 Å². The first-order valence-corrected chi connectivity index (χ1v) is 12.7. The number of fused-ring (bicyclic) bond motifs is 1. The number of aromatic nitrogens is 4. The summed E-state index contributed by atoms with van der Waals surface area (Å²) in [5.74, 6) is -1.17. The number of aliphatic hydroxyl groups excluding tert-OH is 1. The molecule has 12 heteroatoms. The zero-order valence-corrected chi connectivity index (χ0v) is 21.5. The summed E-state index contributed by atoms with van der Waals surface area (Å²) in [6.45, 7) is 3.51. The van der Waals surface area contributed by atoms with E-state index in [-0.39, 0.29) is 30.4 Å². The number of nitrogens with zero attached hydrogens (tertiary/aromatic N) is 5. The zero-order valence-electron chi connectivity index (χ0n) is 21.5. The Labute approximate surface area is 223 Å². The lowest BCUT2D eigenvalue weighted by molar-refractivity contribution is -0.202. The Morgan fingerprint density at radius 3 is 2.59 bits per heavy atom. The van der Waals surface area contributed by atoms with Crippen molar-refractivity contribution < 1.29 is 23.4 Å². The number of anilines is 3. The van der Waals surface area contributed by atoms with E-state index in [1.165, 1.54) is 23.8 Å². The molecule has 0 bridgehead atoms. The van der Waals surface area contributed by atoms with Gasteiger partial charge in [0.25, 0.3) is 0 Å². The Morgan fingerprint density at radius 2 is 1.92 bits per heavy atom. The van der Waals surface area contributed by atoms with Crippen LogP contribution in [0, 0.1) is 17.6 Å². The lowest BCUT2D eigenvalue weighted by atomic mass is 9.90. The van der Waals surface area contributed by atoms with Crippen LogP contribution >= 0.6 is 0 Å². The molecular weight excluding hydrogens is 508 g/mol. The Kier molecular flexibility index (Phi) is 6.42. The fourth-order valence-electron chi connectivity index (χ4n) is 5.26. The Hall–Kier alpha value is -3.71. The number of methoxy groups -OCH3 is 1. The Balaban J connectivity index is 1.34. The van der Waals surface area contributed by atoms with Gasteiger partial charge in [-0.15, -0.1) is 0 Å². The molecule has 0 saturated carbocycles. The highest BCUT2D eigenvalue weighted by molar-refractivity contribution is 5.74. The maximum Gasteiger partial charge on any atom is 0.229 e. The highest BCUT2D eigenvalue weighted by Crippen LogP contribution is 2.37. The number of hydrogen-bond donors (Lipinski definition) is 3. The van der Waals surface area contributed by atoms with E-state index in [0.29, 0.717) is 35.8 Å². The second-order valence-electron chi connectivity index (χ2n) is 10.2. The summed E-state index contributed by atoms with van der Waals surface area (Å²) in [6.07, 6.45) is 4.38. The molecule has 5 heterocycles. The van der Waals surface area contributed by atoms with Crippen molar-refractivity contribution in [2.45, 2.75) is 24.7 Å². The summed E-state index contributed by atoms with van der Waals surface area (Å²) in [5.41, 5.74) is 7.69. The number of ether oxygens (including phenoxy) is 2. The second-order valence-corrected chi connectivity index (χ2v) is 10.2. The van der Waals surface area contributed by atoms with Crippen molar-refractivity contribution in [3.8, 4) is 11.3 Å². The van der Waals surface area contributed by atoms with Crippen LogP contribution in [0.1, 0.15) is 12.5 Å². The van der Waals surface area contributed by atoms with Crippen molar-refractivity contribution >= 4 is 22.8 Å². The van der Waals surface area contributed by atoms with Crippen LogP contribution in [0.3, 0.4) is 0 Å². The van der Waals surface area contributed by atoms with E-state index in [1.807, 2.05) is 13.0 Å². The molecule has 4 N–H and O–H groups in total. The third-order valence-corrected chi connectivity index (χ3v) is 7.62. The van der Waals surface area contributed by atoms with Crippen molar-refractivity contribution in [3.63, 3.8) is 0 Å². The SMILES string of the molecule is COC1(c2cc(F)c(-c3ccc4cnc(Nc5cnccc5N5CC(C)C(O)C(N)C5)n4n3)c(F)c2)COC1. The van der Waals surface area contributed by atoms with Crippen LogP contribution in [0.15, 0.2) is 48.9 Å². The molecule has 4 aromatic rings. The first-order valence-electron chi connectivity index (χ1n) is 12.7. The third-order valence-electron chi connectivity index (χ3n) is 7.62. The number of piperidine rings is 1. The van der Waals surface area contributed by atoms with Gasteiger partial charge in [-0.25, -0.2) is 13.8 Å². The molecule has 0 spiro atoms. The molecule has 204 valence electrons. The smallest absolute Gasteiger partial charge is 0.229 e. The number of pyridine rings is 1. The number of nitrogens with one attached hydrogen (secondary N) is 1. The minimum absolute atomic E-state index is 0.0157. The van der Waals surface area contributed by atoms with Gasteiger partial charge < -0.3 is 30.5 Å². The topological polar surface area (TPSA) is 123 Å². The molecule has 10 nitrogen and oxygen atoms in total. The molecule has 2 saturated heterocycles. The van der Waals surface area contributed by atoms with Gasteiger partial charge in [0.2, 0.25) is 5.95 Å². The summed E-state index contributed by atoms with van der Waals surface area (Å²) >= 11 is 0.